The standard InChI is InChI=1S/C20H25BrN2O4/c1-20(2,3)27-19(26)23-16-7-4-13(12-16)17(23)18(25)22(10-11-24)15-8-5-14(21)6-9-15/h5-6,8-9,11,13,16-17H,4,7,10,12H2,1-3H3. The number of carbonyl (C=O) groups is 3. The first-order valence-electron chi connectivity index (χ1n) is 9.23. The number of ether oxygens (including phenoxy) is 1. The maximum atomic E-state index is 13.4. The second kappa shape index (κ2) is 7.62. The summed E-state index contributed by atoms with van der Waals surface area (Å²) in [6, 6.07) is 6.68. The van der Waals surface area contributed by atoms with Crippen molar-refractivity contribution in [3.63, 3.8) is 0 Å². The van der Waals surface area contributed by atoms with Crippen molar-refractivity contribution < 1.29 is 19.1 Å². The molecule has 2 aliphatic rings. The van der Waals surface area contributed by atoms with Crippen LogP contribution in [0.25, 0.3) is 0 Å². The molecule has 0 radical (unpaired) electrons. The Balaban J connectivity index is 1.88. The van der Waals surface area contributed by atoms with Gasteiger partial charge in [0.15, 0.2) is 0 Å². The number of fused-ring (bicyclic) bond motifs is 2. The van der Waals surface area contributed by atoms with Crippen molar-refractivity contribution in [3.8, 4) is 0 Å². The van der Waals surface area contributed by atoms with E-state index in [0.717, 1.165) is 23.7 Å². The molecule has 1 heterocycles. The van der Waals surface area contributed by atoms with Gasteiger partial charge in [-0.25, -0.2) is 4.79 Å². The third-order valence-electron chi connectivity index (χ3n) is 5.10. The molecule has 1 aliphatic heterocycles. The second-order valence-electron chi connectivity index (χ2n) is 8.15. The van der Waals surface area contributed by atoms with Crippen molar-refractivity contribution in [2.45, 2.75) is 57.7 Å². The molecule has 2 bridgehead atoms. The van der Waals surface area contributed by atoms with Gasteiger partial charge in [-0.1, -0.05) is 15.9 Å². The lowest BCUT2D eigenvalue weighted by Crippen LogP contribution is -2.55. The summed E-state index contributed by atoms with van der Waals surface area (Å²) in [4.78, 5) is 40.5. The van der Waals surface area contributed by atoms with Crippen molar-refractivity contribution >= 4 is 39.9 Å². The van der Waals surface area contributed by atoms with Crippen molar-refractivity contribution in [1.29, 1.82) is 0 Å². The van der Waals surface area contributed by atoms with E-state index >= 15 is 0 Å². The van der Waals surface area contributed by atoms with E-state index in [1.807, 2.05) is 32.9 Å². The maximum Gasteiger partial charge on any atom is 0.411 e. The van der Waals surface area contributed by atoms with Gasteiger partial charge in [-0.3, -0.25) is 9.69 Å². The summed E-state index contributed by atoms with van der Waals surface area (Å²) in [5, 5.41) is 0. The van der Waals surface area contributed by atoms with Gasteiger partial charge in [0.2, 0.25) is 0 Å². The normalized spacial score (nSPS) is 24.0. The van der Waals surface area contributed by atoms with Crippen LogP contribution in [0.3, 0.4) is 0 Å². The van der Waals surface area contributed by atoms with Gasteiger partial charge in [0.25, 0.3) is 5.91 Å². The first-order valence-corrected chi connectivity index (χ1v) is 10.0. The van der Waals surface area contributed by atoms with Gasteiger partial charge in [-0.2, -0.15) is 0 Å². The Bertz CT molecular complexity index is 728. The fourth-order valence-electron chi connectivity index (χ4n) is 4.06. The minimum absolute atomic E-state index is 0.0294. The summed E-state index contributed by atoms with van der Waals surface area (Å²) in [6.45, 7) is 5.40. The SMILES string of the molecule is CC(C)(C)OC(=O)N1C2CCC(C2)C1C(=O)N(CC=O)c1ccc(Br)cc1. The van der Waals surface area contributed by atoms with Crippen LogP contribution in [-0.4, -0.2) is 47.4 Å². The molecule has 1 aromatic carbocycles. The van der Waals surface area contributed by atoms with Crippen molar-refractivity contribution in [2.75, 3.05) is 11.4 Å². The van der Waals surface area contributed by atoms with Crippen LogP contribution in [0.1, 0.15) is 40.0 Å². The number of likely N-dealkylation sites (tertiary alicyclic amines) is 1. The maximum absolute atomic E-state index is 13.4. The lowest BCUT2D eigenvalue weighted by molar-refractivity contribution is -0.126. The highest BCUT2D eigenvalue weighted by Gasteiger charge is 2.53. The van der Waals surface area contributed by atoms with E-state index in [2.05, 4.69) is 15.9 Å². The lowest BCUT2D eigenvalue weighted by Gasteiger charge is -2.37. The molecule has 3 unspecified atom stereocenters. The topological polar surface area (TPSA) is 66.9 Å². The van der Waals surface area contributed by atoms with Crippen LogP contribution >= 0.6 is 15.9 Å². The average molecular weight is 437 g/mol. The van der Waals surface area contributed by atoms with Gasteiger partial charge in [0, 0.05) is 16.2 Å². The Kier molecular flexibility index (Phi) is 5.60. The molecule has 1 aliphatic carbocycles. The van der Waals surface area contributed by atoms with E-state index in [-0.39, 0.29) is 24.4 Å². The highest BCUT2D eigenvalue weighted by Crippen LogP contribution is 2.44. The number of piperidine rings is 1. The van der Waals surface area contributed by atoms with Crippen LogP contribution in [0.2, 0.25) is 0 Å². The summed E-state index contributed by atoms with van der Waals surface area (Å²) in [6.07, 6.45) is 2.88. The van der Waals surface area contributed by atoms with E-state index in [9.17, 15) is 14.4 Å². The number of aldehydes is 1. The second-order valence-corrected chi connectivity index (χ2v) is 9.07. The number of benzene rings is 1. The molecular weight excluding hydrogens is 412 g/mol. The Labute approximate surface area is 168 Å². The van der Waals surface area contributed by atoms with Crippen molar-refractivity contribution in [1.82, 2.24) is 4.90 Å². The zero-order valence-corrected chi connectivity index (χ0v) is 17.4. The Morgan fingerprint density at radius 2 is 1.93 bits per heavy atom. The molecule has 2 amide bonds. The molecule has 1 saturated heterocycles. The molecule has 27 heavy (non-hydrogen) atoms. The molecule has 0 aromatic heterocycles. The minimum Gasteiger partial charge on any atom is -0.444 e. The Morgan fingerprint density at radius 1 is 1.26 bits per heavy atom. The van der Waals surface area contributed by atoms with E-state index in [0.29, 0.717) is 12.0 Å². The summed E-state index contributed by atoms with van der Waals surface area (Å²) >= 11 is 3.38. The van der Waals surface area contributed by atoms with Crippen molar-refractivity contribution in [2.24, 2.45) is 5.92 Å². The molecule has 146 valence electrons. The number of nitrogens with zero attached hydrogens (tertiary/aromatic N) is 2. The summed E-state index contributed by atoms with van der Waals surface area (Å²) < 4.78 is 6.45. The number of anilines is 1. The fourth-order valence-corrected chi connectivity index (χ4v) is 4.33. The van der Waals surface area contributed by atoms with Gasteiger partial charge in [-0.05, 0) is 70.2 Å². The molecule has 1 aromatic rings. The summed E-state index contributed by atoms with van der Waals surface area (Å²) in [5.41, 5.74) is 0.0166. The van der Waals surface area contributed by atoms with Gasteiger partial charge in [0.05, 0.1) is 6.54 Å². The molecule has 3 rings (SSSR count). The summed E-state index contributed by atoms with van der Waals surface area (Å²) in [7, 11) is 0. The van der Waals surface area contributed by atoms with Gasteiger partial charge in [-0.15, -0.1) is 0 Å². The zero-order valence-electron chi connectivity index (χ0n) is 15.9. The molecule has 0 N–H and O–H groups in total. The van der Waals surface area contributed by atoms with E-state index in [1.54, 1.807) is 17.0 Å². The molecule has 6 nitrogen and oxygen atoms in total. The van der Waals surface area contributed by atoms with E-state index in [4.69, 9.17) is 4.74 Å². The van der Waals surface area contributed by atoms with Crippen LogP contribution in [0.15, 0.2) is 28.7 Å². The Hall–Kier alpha value is -1.89. The van der Waals surface area contributed by atoms with Gasteiger partial charge >= 0.3 is 6.09 Å². The minimum atomic E-state index is -0.624. The highest BCUT2D eigenvalue weighted by molar-refractivity contribution is 9.10. The van der Waals surface area contributed by atoms with E-state index in [1.165, 1.54) is 4.90 Å². The predicted molar refractivity (Wildman–Crippen MR) is 106 cm³/mol. The number of hydrogen-bond donors (Lipinski definition) is 0. The molecule has 7 heteroatoms. The lowest BCUT2D eigenvalue weighted by atomic mass is 9.97. The first-order chi connectivity index (χ1) is 12.7. The molecular formula is C20H25BrN2O4. The zero-order chi connectivity index (χ0) is 19.8. The molecule has 2 fully saturated rings. The highest BCUT2D eigenvalue weighted by atomic mass is 79.9. The third kappa shape index (κ3) is 4.18. The summed E-state index contributed by atoms with van der Waals surface area (Å²) in [5.74, 6) is -0.109. The van der Waals surface area contributed by atoms with E-state index < -0.39 is 17.7 Å². The largest absolute Gasteiger partial charge is 0.444 e. The number of carbonyl (C=O) groups excluding carboxylic acids is 3. The molecule has 0 spiro atoms. The van der Waals surface area contributed by atoms with Crippen LogP contribution in [-0.2, 0) is 14.3 Å². The average Bonchev–Trinajstić information content (AvgIpc) is 3.20. The van der Waals surface area contributed by atoms with Gasteiger partial charge in [0.1, 0.15) is 17.9 Å². The first kappa shape index (κ1) is 19.9. The Morgan fingerprint density at radius 3 is 2.52 bits per heavy atom. The number of rotatable bonds is 4. The predicted octanol–water partition coefficient (Wildman–Crippen LogP) is 3.77. The molecule has 3 atom stereocenters. The monoisotopic (exact) mass is 436 g/mol. The smallest absolute Gasteiger partial charge is 0.411 e. The van der Waals surface area contributed by atoms with Crippen molar-refractivity contribution in [3.05, 3.63) is 28.7 Å². The fraction of sp³-hybridized carbons (Fsp3) is 0.550. The van der Waals surface area contributed by atoms with Gasteiger partial charge < -0.3 is 14.4 Å². The van der Waals surface area contributed by atoms with Crippen LogP contribution in [0.5, 0.6) is 0 Å². The molecule has 1 saturated carbocycles. The third-order valence-corrected chi connectivity index (χ3v) is 5.63. The quantitative estimate of drug-likeness (QED) is 0.673. The van der Waals surface area contributed by atoms with Crippen LogP contribution in [0.4, 0.5) is 10.5 Å². The van der Waals surface area contributed by atoms with Crippen LogP contribution in [0, 0.1) is 5.92 Å². The number of halogens is 1. The number of hydrogen-bond acceptors (Lipinski definition) is 4. The number of amides is 2. The van der Waals surface area contributed by atoms with Crippen LogP contribution < -0.4 is 4.90 Å².